The molecule has 1 aromatic carbocycles. The maximum Gasteiger partial charge on any atom is 0.243 e. The summed E-state index contributed by atoms with van der Waals surface area (Å²) in [5, 5.41) is 0. The zero-order chi connectivity index (χ0) is 18.1. The van der Waals surface area contributed by atoms with E-state index in [0.29, 0.717) is 31.1 Å². The van der Waals surface area contributed by atoms with Gasteiger partial charge in [-0.2, -0.15) is 4.31 Å². The highest BCUT2D eigenvalue weighted by Gasteiger charge is 2.31. The zero-order valence-electron chi connectivity index (χ0n) is 14.8. The first-order chi connectivity index (χ1) is 11.0. The predicted molar refractivity (Wildman–Crippen MR) is 94.1 cm³/mol. The van der Waals surface area contributed by atoms with Crippen LogP contribution >= 0.6 is 0 Å². The molecule has 1 saturated heterocycles. The number of sulfonamides is 1. The van der Waals surface area contributed by atoms with Crippen molar-refractivity contribution in [3.05, 3.63) is 29.8 Å². The quantitative estimate of drug-likeness (QED) is 0.884. The molecule has 1 aliphatic rings. The van der Waals surface area contributed by atoms with Gasteiger partial charge in [0, 0.05) is 26.2 Å². The molecule has 0 saturated carbocycles. The van der Waals surface area contributed by atoms with E-state index in [4.69, 9.17) is 5.73 Å². The summed E-state index contributed by atoms with van der Waals surface area (Å²) in [5.41, 5.74) is 6.68. The van der Waals surface area contributed by atoms with Crippen molar-refractivity contribution in [1.29, 1.82) is 0 Å². The first-order valence-corrected chi connectivity index (χ1v) is 9.62. The minimum Gasteiger partial charge on any atom is -0.339 e. The Balaban J connectivity index is 2.11. The molecule has 24 heavy (non-hydrogen) atoms. The molecule has 1 aromatic rings. The number of nitrogens with zero attached hydrogens (tertiary/aromatic N) is 2. The van der Waals surface area contributed by atoms with Gasteiger partial charge in [0.2, 0.25) is 15.9 Å². The number of benzene rings is 1. The van der Waals surface area contributed by atoms with Gasteiger partial charge >= 0.3 is 0 Å². The topological polar surface area (TPSA) is 83.7 Å². The molecule has 2 N–H and O–H groups in total. The molecule has 1 heterocycles. The Morgan fingerprint density at radius 2 is 1.58 bits per heavy atom. The maximum atomic E-state index is 12.8. The summed E-state index contributed by atoms with van der Waals surface area (Å²) >= 11 is 0. The predicted octanol–water partition coefficient (Wildman–Crippen LogP) is 1.16. The lowest BCUT2D eigenvalue weighted by atomic mass is 9.87. The fourth-order valence-electron chi connectivity index (χ4n) is 2.71. The molecule has 0 aromatic heterocycles. The first-order valence-electron chi connectivity index (χ1n) is 8.18. The minimum absolute atomic E-state index is 0.0206. The van der Waals surface area contributed by atoms with Crippen LogP contribution < -0.4 is 5.73 Å². The second-order valence-corrected chi connectivity index (χ2v) is 9.23. The van der Waals surface area contributed by atoms with Crippen molar-refractivity contribution in [1.82, 2.24) is 9.21 Å². The number of rotatable bonds is 3. The largest absolute Gasteiger partial charge is 0.339 e. The molecule has 134 valence electrons. The van der Waals surface area contributed by atoms with E-state index in [0.717, 1.165) is 5.56 Å². The highest BCUT2D eigenvalue weighted by molar-refractivity contribution is 7.89. The summed E-state index contributed by atoms with van der Waals surface area (Å²) in [6.45, 7) is 9.24. The Morgan fingerprint density at radius 1 is 1.08 bits per heavy atom. The second kappa shape index (κ2) is 6.82. The number of amides is 1. The molecule has 0 bridgehead atoms. The lowest BCUT2D eigenvalue weighted by Crippen LogP contribution is -2.53. The van der Waals surface area contributed by atoms with E-state index in [-0.39, 0.29) is 11.3 Å². The Kier molecular flexibility index (Phi) is 5.37. The molecule has 0 aliphatic carbocycles. The van der Waals surface area contributed by atoms with Gasteiger partial charge in [-0.05, 0) is 30.0 Å². The third kappa shape index (κ3) is 3.96. The summed E-state index contributed by atoms with van der Waals surface area (Å²) in [5.74, 6) is -0.137. The van der Waals surface area contributed by atoms with E-state index in [9.17, 15) is 13.2 Å². The molecule has 7 heteroatoms. The number of carbonyl (C=O) groups excluding carboxylic acids is 1. The van der Waals surface area contributed by atoms with Crippen LogP contribution in [0.3, 0.4) is 0 Å². The third-order valence-corrected chi connectivity index (χ3v) is 6.21. The molecule has 1 atom stereocenters. The van der Waals surface area contributed by atoms with Crippen LogP contribution in [0.15, 0.2) is 29.2 Å². The Hall–Kier alpha value is -1.44. The Labute approximate surface area is 144 Å². The van der Waals surface area contributed by atoms with Crippen molar-refractivity contribution in [2.45, 2.75) is 44.0 Å². The fraction of sp³-hybridized carbons (Fsp3) is 0.588. The van der Waals surface area contributed by atoms with Crippen LogP contribution in [0.1, 0.15) is 33.3 Å². The number of hydrogen-bond acceptors (Lipinski definition) is 4. The molecule has 1 aliphatic heterocycles. The highest BCUT2D eigenvalue weighted by atomic mass is 32.2. The van der Waals surface area contributed by atoms with E-state index < -0.39 is 16.1 Å². The van der Waals surface area contributed by atoms with Crippen molar-refractivity contribution in [3.63, 3.8) is 0 Å². The van der Waals surface area contributed by atoms with Gasteiger partial charge in [-0.15, -0.1) is 0 Å². The smallest absolute Gasteiger partial charge is 0.243 e. The van der Waals surface area contributed by atoms with Gasteiger partial charge in [-0.1, -0.05) is 32.9 Å². The standard InChI is InChI=1S/C17H27N3O3S/c1-13(18)16(21)19-9-11-20(12-10-19)24(22,23)15-7-5-14(6-8-15)17(2,3)4/h5-8,13H,9-12,18H2,1-4H3. The molecule has 2 rings (SSSR count). The van der Waals surface area contributed by atoms with Crippen molar-refractivity contribution in [2.24, 2.45) is 5.73 Å². The normalized spacial score (nSPS) is 18.5. The van der Waals surface area contributed by atoms with Crippen LogP contribution in [-0.4, -0.2) is 55.8 Å². The summed E-state index contributed by atoms with van der Waals surface area (Å²) in [7, 11) is -3.53. The summed E-state index contributed by atoms with van der Waals surface area (Å²) < 4.78 is 26.9. The van der Waals surface area contributed by atoms with Gasteiger partial charge in [-0.25, -0.2) is 8.42 Å². The zero-order valence-corrected chi connectivity index (χ0v) is 15.6. The van der Waals surface area contributed by atoms with Gasteiger partial charge in [0.15, 0.2) is 0 Å². The van der Waals surface area contributed by atoms with Crippen molar-refractivity contribution >= 4 is 15.9 Å². The van der Waals surface area contributed by atoms with Crippen molar-refractivity contribution in [2.75, 3.05) is 26.2 Å². The van der Waals surface area contributed by atoms with E-state index >= 15 is 0 Å². The van der Waals surface area contributed by atoms with Gasteiger partial charge in [-0.3, -0.25) is 4.79 Å². The first kappa shape index (κ1) is 18.9. The highest BCUT2D eigenvalue weighted by Crippen LogP contribution is 2.25. The third-order valence-electron chi connectivity index (χ3n) is 4.30. The van der Waals surface area contributed by atoms with Crippen molar-refractivity contribution in [3.8, 4) is 0 Å². The molecular formula is C17H27N3O3S. The lowest BCUT2D eigenvalue weighted by Gasteiger charge is -2.34. The van der Waals surface area contributed by atoms with Crippen LogP contribution in [0, 0.1) is 0 Å². The van der Waals surface area contributed by atoms with Gasteiger partial charge in [0.05, 0.1) is 10.9 Å². The van der Waals surface area contributed by atoms with Gasteiger partial charge in [0.25, 0.3) is 0 Å². The summed E-state index contributed by atoms with van der Waals surface area (Å²) in [6.07, 6.45) is 0. The van der Waals surface area contributed by atoms with E-state index in [1.165, 1.54) is 4.31 Å². The van der Waals surface area contributed by atoms with E-state index in [1.54, 1.807) is 24.0 Å². The number of hydrogen-bond donors (Lipinski definition) is 1. The average molecular weight is 353 g/mol. The summed E-state index contributed by atoms with van der Waals surface area (Å²) in [4.78, 5) is 13.8. The lowest BCUT2D eigenvalue weighted by molar-refractivity contribution is -0.133. The molecule has 0 spiro atoms. The van der Waals surface area contributed by atoms with Crippen LogP contribution in [0.25, 0.3) is 0 Å². The molecule has 1 unspecified atom stereocenters. The van der Waals surface area contributed by atoms with Crippen LogP contribution in [0.5, 0.6) is 0 Å². The minimum atomic E-state index is -3.53. The van der Waals surface area contributed by atoms with E-state index in [1.807, 2.05) is 12.1 Å². The fourth-order valence-corrected chi connectivity index (χ4v) is 4.13. The molecule has 1 fully saturated rings. The Morgan fingerprint density at radius 3 is 2.00 bits per heavy atom. The Bertz CT molecular complexity index is 683. The maximum absolute atomic E-state index is 12.8. The molecular weight excluding hydrogens is 326 g/mol. The number of piperazine rings is 1. The average Bonchev–Trinajstić information content (AvgIpc) is 2.53. The number of carbonyl (C=O) groups is 1. The van der Waals surface area contributed by atoms with Crippen LogP contribution in [-0.2, 0) is 20.2 Å². The SMILES string of the molecule is CC(N)C(=O)N1CCN(S(=O)(=O)c2ccc(C(C)(C)C)cc2)CC1. The summed E-state index contributed by atoms with van der Waals surface area (Å²) in [6, 6.07) is 6.49. The molecule has 6 nitrogen and oxygen atoms in total. The van der Waals surface area contributed by atoms with Crippen LogP contribution in [0.2, 0.25) is 0 Å². The number of nitrogens with two attached hydrogens (primary N) is 1. The molecule has 0 radical (unpaired) electrons. The van der Waals surface area contributed by atoms with Gasteiger partial charge in [0.1, 0.15) is 0 Å². The molecule has 1 amide bonds. The van der Waals surface area contributed by atoms with Gasteiger partial charge < -0.3 is 10.6 Å². The van der Waals surface area contributed by atoms with Crippen molar-refractivity contribution < 1.29 is 13.2 Å². The second-order valence-electron chi connectivity index (χ2n) is 7.29. The van der Waals surface area contributed by atoms with Crippen LogP contribution in [0.4, 0.5) is 0 Å². The monoisotopic (exact) mass is 353 g/mol. The van der Waals surface area contributed by atoms with E-state index in [2.05, 4.69) is 20.8 Å².